The highest BCUT2D eigenvalue weighted by molar-refractivity contribution is 7.99. The van der Waals surface area contributed by atoms with Gasteiger partial charge in [-0.05, 0) is 44.4 Å². The van der Waals surface area contributed by atoms with Crippen LogP contribution in [0.4, 0.5) is 4.79 Å². The highest BCUT2D eigenvalue weighted by Gasteiger charge is 2.24. The zero-order valence-corrected chi connectivity index (χ0v) is 13.1. The van der Waals surface area contributed by atoms with Crippen molar-refractivity contribution in [2.75, 3.05) is 12.8 Å². The molecule has 0 bridgehead atoms. The Morgan fingerprint density at radius 3 is 3.05 bits per heavy atom. The molecule has 1 aromatic heterocycles. The lowest BCUT2D eigenvalue weighted by atomic mass is 10.2. The summed E-state index contributed by atoms with van der Waals surface area (Å²) < 4.78 is 1.91. The van der Waals surface area contributed by atoms with Crippen molar-refractivity contribution in [3.05, 3.63) is 18.0 Å². The van der Waals surface area contributed by atoms with Crippen LogP contribution in [0.25, 0.3) is 0 Å². The van der Waals surface area contributed by atoms with Crippen molar-refractivity contribution in [2.24, 2.45) is 0 Å². The van der Waals surface area contributed by atoms with Crippen LogP contribution in [0.5, 0.6) is 0 Å². The topological polar surface area (TPSA) is 59.0 Å². The average molecular weight is 296 g/mol. The minimum absolute atomic E-state index is 0.0339. The number of carbonyl (C=O) groups is 1. The van der Waals surface area contributed by atoms with Gasteiger partial charge in [-0.25, -0.2) is 4.79 Å². The number of carbonyl (C=O) groups excluding carboxylic acids is 1. The Morgan fingerprint density at radius 2 is 2.40 bits per heavy atom. The monoisotopic (exact) mass is 296 g/mol. The van der Waals surface area contributed by atoms with Crippen molar-refractivity contribution < 1.29 is 4.79 Å². The minimum Gasteiger partial charge on any atom is -0.338 e. The number of nitrogens with zero attached hydrogens (tertiary/aromatic N) is 2. The molecule has 1 aromatic rings. The van der Waals surface area contributed by atoms with Crippen molar-refractivity contribution in [2.45, 2.75) is 50.4 Å². The van der Waals surface area contributed by atoms with E-state index in [1.165, 1.54) is 12.0 Å². The summed E-state index contributed by atoms with van der Waals surface area (Å²) in [4.78, 5) is 11.8. The summed E-state index contributed by atoms with van der Waals surface area (Å²) in [6.45, 7) is 3.55. The number of amides is 2. The zero-order valence-electron chi connectivity index (χ0n) is 12.3. The molecule has 6 heteroatoms. The number of rotatable bonds is 6. The van der Waals surface area contributed by atoms with E-state index in [2.05, 4.69) is 22.0 Å². The first-order chi connectivity index (χ1) is 9.67. The fourth-order valence-corrected chi connectivity index (χ4v) is 3.35. The van der Waals surface area contributed by atoms with Crippen LogP contribution in [-0.2, 0) is 6.54 Å². The molecule has 0 radical (unpaired) electrons. The lowest BCUT2D eigenvalue weighted by Crippen LogP contribution is -2.41. The van der Waals surface area contributed by atoms with Gasteiger partial charge >= 0.3 is 6.03 Å². The minimum atomic E-state index is -0.0339. The fraction of sp³-hybridized carbons (Fsp3) is 0.714. The number of thioether (sulfide) groups is 1. The van der Waals surface area contributed by atoms with Gasteiger partial charge in [-0.2, -0.15) is 16.9 Å². The van der Waals surface area contributed by atoms with E-state index >= 15 is 0 Å². The summed E-state index contributed by atoms with van der Waals surface area (Å²) in [6.07, 6.45) is 10.3. The van der Waals surface area contributed by atoms with E-state index in [1.807, 2.05) is 35.8 Å². The molecular weight excluding hydrogens is 272 g/mol. The van der Waals surface area contributed by atoms with Crippen molar-refractivity contribution in [1.82, 2.24) is 20.4 Å². The van der Waals surface area contributed by atoms with Gasteiger partial charge < -0.3 is 10.6 Å². The van der Waals surface area contributed by atoms with Crippen LogP contribution in [0.3, 0.4) is 0 Å². The van der Waals surface area contributed by atoms with Gasteiger partial charge in [0, 0.05) is 30.6 Å². The van der Waals surface area contributed by atoms with Crippen molar-refractivity contribution >= 4 is 17.8 Å². The molecule has 0 spiro atoms. The van der Waals surface area contributed by atoms with Gasteiger partial charge in [0.25, 0.3) is 0 Å². The predicted molar refractivity (Wildman–Crippen MR) is 83.1 cm³/mol. The molecule has 2 N–H and O–H groups in total. The van der Waals surface area contributed by atoms with Gasteiger partial charge in [0.15, 0.2) is 0 Å². The molecule has 1 saturated carbocycles. The molecule has 0 unspecified atom stereocenters. The Morgan fingerprint density at radius 1 is 1.55 bits per heavy atom. The van der Waals surface area contributed by atoms with E-state index in [4.69, 9.17) is 0 Å². The van der Waals surface area contributed by atoms with E-state index in [0.717, 1.165) is 25.8 Å². The van der Waals surface area contributed by atoms with Gasteiger partial charge in [-0.1, -0.05) is 0 Å². The van der Waals surface area contributed by atoms with E-state index in [0.29, 0.717) is 17.8 Å². The molecule has 0 aromatic carbocycles. The Balaban J connectivity index is 1.56. The lowest BCUT2D eigenvalue weighted by molar-refractivity contribution is 0.237. The highest BCUT2D eigenvalue weighted by atomic mass is 32.2. The summed E-state index contributed by atoms with van der Waals surface area (Å²) >= 11 is 1.90. The number of urea groups is 1. The first kappa shape index (κ1) is 15.2. The molecule has 0 saturated heterocycles. The number of hydrogen-bond acceptors (Lipinski definition) is 3. The molecule has 0 aliphatic heterocycles. The Labute approximate surface area is 124 Å². The third kappa shape index (κ3) is 4.74. The molecule has 1 heterocycles. The molecule has 2 rings (SSSR count). The summed E-state index contributed by atoms with van der Waals surface area (Å²) in [5.41, 5.74) is 1.17. The highest BCUT2D eigenvalue weighted by Crippen LogP contribution is 2.27. The second kappa shape index (κ2) is 7.57. The number of hydrogen-bond donors (Lipinski definition) is 2. The van der Waals surface area contributed by atoms with E-state index in [1.54, 1.807) is 0 Å². The second-order valence-electron chi connectivity index (χ2n) is 5.40. The van der Waals surface area contributed by atoms with E-state index in [-0.39, 0.29) is 6.03 Å². The molecule has 20 heavy (non-hydrogen) atoms. The molecule has 1 fully saturated rings. The number of nitrogens with one attached hydrogen (secondary N) is 2. The molecule has 1 aliphatic rings. The molecule has 2 atom stereocenters. The maximum Gasteiger partial charge on any atom is 0.315 e. The third-order valence-corrected chi connectivity index (χ3v) is 4.76. The van der Waals surface area contributed by atoms with E-state index < -0.39 is 0 Å². The average Bonchev–Trinajstić information content (AvgIpc) is 3.04. The number of aromatic nitrogens is 2. The summed E-state index contributed by atoms with van der Waals surface area (Å²) in [5, 5.41) is 10.9. The van der Waals surface area contributed by atoms with Gasteiger partial charge in [-0.15, -0.1) is 0 Å². The normalized spacial score (nSPS) is 21.9. The molecular formula is C14H24N4OS. The van der Waals surface area contributed by atoms with Crippen LogP contribution in [0.15, 0.2) is 12.4 Å². The molecule has 112 valence electrons. The Bertz CT molecular complexity index is 435. The Kier molecular flexibility index (Phi) is 5.76. The predicted octanol–water partition coefficient (Wildman–Crippen LogP) is 2.16. The van der Waals surface area contributed by atoms with Crippen LogP contribution >= 0.6 is 11.8 Å². The summed E-state index contributed by atoms with van der Waals surface area (Å²) in [5.74, 6) is 0. The smallest absolute Gasteiger partial charge is 0.315 e. The van der Waals surface area contributed by atoms with Crippen molar-refractivity contribution in [3.63, 3.8) is 0 Å². The van der Waals surface area contributed by atoms with Crippen LogP contribution in [0.1, 0.15) is 31.2 Å². The maximum absolute atomic E-state index is 11.8. The first-order valence-corrected chi connectivity index (χ1v) is 8.52. The molecule has 2 amide bonds. The van der Waals surface area contributed by atoms with Gasteiger partial charge in [0.05, 0.1) is 6.20 Å². The van der Waals surface area contributed by atoms with Crippen molar-refractivity contribution in [3.8, 4) is 0 Å². The first-order valence-electron chi connectivity index (χ1n) is 7.23. The van der Waals surface area contributed by atoms with Crippen LogP contribution in [0, 0.1) is 6.92 Å². The lowest BCUT2D eigenvalue weighted by Gasteiger charge is -2.13. The maximum atomic E-state index is 11.8. The fourth-order valence-electron chi connectivity index (χ4n) is 2.55. The second-order valence-corrected chi connectivity index (χ2v) is 6.54. The van der Waals surface area contributed by atoms with Gasteiger partial charge in [0.2, 0.25) is 0 Å². The standard InChI is InChI=1S/C14H24N4OS/c1-11-9-16-18(10-11)7-3-6-15-14(19)17-12-4-5-13(8-12)20-2/h9-10,12-13H,3-8H2,1-2H3,(H2,15,17,19)/t12-,13+/m1/s1. The van der Waals surface area contributed by atoms with Crippen LogP contribution in [0.2, 0.25) is 0 Å². The quantitative estimate of drug-likeness (QED) is 0.791. The van der Waals surface area contributed by atoms with Crippen molar-refractivity contribution in [1.29, 1.82) is 0 Å². The third-order valence-electron chi connectivity index (χ3n) is 3.66. The van der Waals surface area contributed by atoms with Crippen LogP contribution in [-0.4, -0.2) is 39.9 Å². The largest absolute Gasteiger partial charge is 0.338 e. The van der Waals surface area contributed by atoms with Gasteiger partial charge in [0.1, 0.15) is 0 Å². The van der Waals surface area contributed by atoms with E-state index in [9.17, 15) is 4.79 Å². The molecule has 5 nitrogen and oxygen atoms in total. The van der Waals surface area contributed by atoms with Crippen LogP contribution < -0.4 is 10.6 Å². The summed E-state index contributed by atoms with van der Waals surface area (Å²) in [7, 11) is 0. The van der Waals surface area contributed by atoms with Gasteiger partial charge in [-0.3, -0.25) is 4.68 Å². The number of aryl methyl sites for hydroxylation is 2. The zero-order chi connectivity index (χ0) is 14.4. The SMILES string of the molecule is CS[C@H]1CC[C@@H](NC(=O)NCCCn2cc(C)cn2)C1. The summed E-state index contributed by atoms with van der Waals surface area (Å²) in [6, 6.07) is 0.314. The Hall–Kier alpha value is -1.17. The molecule has 1 aliphatic carbocycles.